The SMILES string of the molecule is C=Cc1c(C)c(/C=C/B2OC(C)(C)C(C)(C)O2)nn1PI. The molecule has 0 aromatic carbocycles. The minimum atomic E-state index is -0.339. The Morgan fingerprint density at radius 2 is 1.86 bits per heavy atom. The second kappa shape index (κ2) is 6.15. The first-order valence-corrected chi connectivity index (χ1v) is 10.9. The molecule has 1 aliphatic heterocycles. The third kappa shape index (κ3) is 3.28. The van der Waals surface area contributed by atoms with Gasteiger partial charge in [0.1, 0.15) is 0 Å². The fraction of sp³-hybridized carbons (Fsp3) is 0.500. The van der Waals surface area contributed by atoms with Crippen LogP contribution in [0.1, 0.15) is 44.6 Å². The minimum Gasteiger partial charge on any atom is -0.400 e. The molecule has 0 bridgehead atoms. The van der Waals surface area contributed by atoms with Gasteiger partial charge in [0.25, 0.3) is 0 Å². The van der Waals surface area contributed by atoms with E-state index in [1.165, 1.54) is 0 Å². The van der Waals surface area contributed by atoms with Crippen molar-refractivity contribution in [3.8, 4) is 0 Å². The van der Waals surface area contributed by atoms with Crippen LogP contribution in [0.4, 0.5) is 0 Å². The van der Waals surface area contributed by atoms with Gasteiger partial charge in [-0.05, 0) is 68.8 Å². The summed E-state index contributed by atoms with van der Waals surface area (Å²) in [5.41, 5.74) is 2.50. The molecule has 0 radical (unpaired) electrons. The molecule has 1 saturated heterocycles. The lowest BCUT2D eigenvalue weighted by atomic mass is 9.89. The van der Waals surface area contributed by atoms with E-state index in [9.17, 15) is 0 Å². The molecule has 2 rings (SSSR count). The molecule has 7 heteroatoms. The van der Waals surface area contributed by atoms with E-state index in [1.807, 2.05) is 50.3 Å². The smallest absolute Gasteiger partial charge is 0.400 e. The van der Waals surface area contributed by atoms with Crippen LogP contribution >= 0.6 is 28.4 Å². The van der Waals surface area contributed by atoms with Crippen LogP contribution in [0, 0.1) is 6.92 Å². The van der Waals surface area contributed by atoms with Crippen molar-refractivity contribution < 1.29 is 9.31 Å². The summed E-state index contributed by atoms with van der Waals surface area (Å²) in [5, 5.41) is 4.59. The predicted molar refractivity (Wildman–Crippen MR) is 99.9 cm³/mol. The highest BCUT2D eigenvalue weighted by Gasteiger charge is 2.50. The molecule has 0 spiro atoms. The largest absolute Gasteiger partial charge is 0.487 e. The average Bonchev–Trinajstić information content (AvgIpc) is 2.80. The van der Waals surface area contributed by atoms with Gasteiger partial charge in [0, 0.05) is 5.56 Å². The zero-order valence-electron chi connectivity index (χ0n) is 13.1. The maximum atomic E-state index is 5.95. The Kier molecular flexibility index (Phi) is 5.03. The number of hydrogen-bond acceptors (Lipinski definition) is 3. The van der Waals surface area contributed by atoms with Gasteiger partial charge in [0.05, 0.1) is 29.0 Å². The van der Waals surface area contributed by atoms with Crippen LogP contribution in [0.3, 0.4) is 0 Å². The molecule has 1 aliphatic rings. The third-order valence-electron chi connectivity index (χ3n) is 4.16. The second-order valence-electron chi connectivity index (χ2n) is 6.08. The summed E-state index contributed by atoms with van der Waals surface area (Å²) in [6.07, 6.45) is 4.37. The highest BCUT2D eigenvalue weighted by Crippen LogP contribution is 2.37. The van der Waals surface area contributed by atoms with Crippen LogP contribution in [0.25, 0.3) is 12.2 Å². The van der Waals surface area contributed by atoms with Gasteiger partial charge in [-0.2, -0.15) is 5.10 Å². The summed E-state index contributed by atoms with van der Waals surface area (Å²) in [5.74, 6) is 1.93. The fourth-order valence-corrected chi connectivity index (χ4v) is 3.72. The van der Waals surface area contributed by atoms with Gasteiger partial charge in [0.2, 0.25) is 0 Å². The van der Waals surface area contributed by atoms with E-state index < -0.39 is 0 Å². The van der Waals surface area contributed by atoms with Crippen molar-refractivity contribution in [2.45, 2.75) is 45.8 Å². The highest BCUT2D eigenvalue weighted by molar-refractivity contribution is 14.2. The Hall–Kier alpha value is -0.165. The topological polar surface area (TPSA) is 36.3 Å². The summed E-state index contributed by atoms with van der Waals surface area (Å²) in [6.45, 7) is 14.1. The summed E-state index contributed by atoms with van der Waals surface area (Å²) < 4.78 is 13.9. The molecular weight excluding hydrogens is 397 g/mol. The Morgan fingerprint density at radius 3 is 2.29 bits per heavy atom. The molecule has 0 N–H and O–H groups in total. The predicted octanol–water partition coefficient (Wildman–Crippen LogP) is 4.27. The summed E-state index contributed by atoms with van der Waals surface area (Å²) >= 11 is 2.31. The zero-order chi connectivity index (χ0) is 15.8. The van der Waals surface area contributed by atoms with Crippen molar-refractivity contribution in [2.24, 2.45) is 0 Å². The molecule has 21 heavy (non-hydrogen) atoms. The average molecular weight is 418 g/mol. The monoisotopic (exact) mass is 418 g/mol. The van der Waals surface area contributed by atoms with E-state index in [1.54, 1.807) is 0 Å². The molecule has 1 fully saturated rings. The van der Waals surface area contributed by atoms with Gasteiger partial charge < -0.3 is 9.31 Å². The van der Waals surface area contributed by atoms with Gasteiger partial charge in [-0.1, -0.05) is 12.6 Å². The molecule has 1 aromatic heterocycles. The molecule has 0 aliphatic carbocycles. The van der Waals surface area contributed by atoms with E-state index in [0.717, 1.165) is 17.0 Å². The number of nitrogens with zero attached hydrogens (tertiary/aromatic N) is 2. The lowest BCUT2D eigenvalue weighted by molar-refractivity contribution is 0.00578. The van der Waals surface area contributed by atoms with E-state index in [4.69, 9.17) is 9.31 Å². The molecule has 1 atom stereocenters. The first-order chi connectivity index (χ1) is 9.71. The van der Waals surface area contributed by atoms with Crippen molar-refractivity contribution in [2.75, 3.05) is 0 Å². The van der Waals surface area contributed by atoms with Gasteiger partial charge in [0.15, 0.2) is 0 Å². The molecule has 4 nitrogen and oxygen atoms in total. The summed E-state index contributed by atoms with van der Waals surface area (Å²) in [4.78, 5) is 0. The zero-order valence-corrected chi connectivity index (χ0v) is 16.3. The number of rotatable bonds is 4. The Balaban J connectivity index is 2.20. The van der Waals surface area contributed by atoms with Gasteiger partial charge in [-0.15, -0.1) is 0 Å². The highest BCUT2D eigenvalue weighted by atomic mass is 127. The normalized spacial score (nSPS) is 21.0. The first kappa shape index (κ1) is 17.2. The molecule has 114 valence electrons. The lowest BCUT2D eigenvalue weighted by Gasteiger charge is -2.32. The molecule has 0 saturated carbocycles. The van der Waals surface area contributed by atoms with Crippen LogP contribution in [0.5, 0.6) is 0 Å². The summed E-state index contributed by atoms with van der Waals surface area (Å²) in [7, 11) is -0.339. The molecule has 1 aromatic rings. The van der Waals surface area contributed by atoms with Crippen LogP contribution in [0.2, 0.25) is 0 Å². The maximum absolute atomic E-state index is 5.95. The van der Waals surface area contributed by atoms with Crippen LogP contribution < -0.4 is 0 Å². The maximum Gasteiger partial charge on any atom is 0.487 e. The third-order valence-corrected chi connectivity index (χ3v) is 6.03. The summed E-state index contributed by atoms with van der Waals surface area (Å²) in [6, 6.07) is 0. The Morgan fingerprint density at radius 1 is 1.29 bits per heavy atom. The molecular formula is C14H21BIN2O2P. The van der Waals surface area contributed by atoms with Crippen molar-refractivity contribution in [1.82, 2.24) is 9.55 Å². The van der Waals surface area contributed by atoms with Gasteiger partial charge in [-0.3, -0.25) is 0 Å². The standard InChI is InChI=1S/C14H21BIN2O2P/c1-7-12-10(2)11(17-18(12)21-16)8-9-15-19-13(3,4)14(5,6)20-15/h7-9,21H,1H2,2-6H3/b9-8+. The van der Waals surface area contributed by atoms with Crippen molar-refractivity contribution in [1.29, 1.82) is 0 Å². The van der Waals surface area contributed by atoms with Crippen molar-refractivity contribution in [3.63, 3.8) is 0 Å². The lowest BCUT2D eigenvalue weighted by Crippen LogP contribution is -2.41. The number of aromatic nitrogens is 2. The second-order valence-corrected chi connectivity index (χ2v) is 8.12. The molecule has 2 heterocycles. The van der Waals surface area contributed by atoms with E-state index in [-0.39, 0.29) is 18.3 Å². The van der Waals surface area contributed by atoms with E-state index >= 15 is 0 Å². The minimum absolute atomic E-state index is 0.313. The van der Waals surface area contributed by atoms with Crippen LogP contribution in [-0.2, 0) is 9.31 Å². The number of halogens is 1. The van der Waals surface area contributed by atoms with Gasteiger partial charge >= 0.3 is 7.12 Å². The number of hydrogen-bond donors (Lipinski definition) is 0. The molecule has 0 amide bonds. The first-order valence-electron chi connectivity index (χ1n) is 6.84. The quantitative estimate of drug-likeness (QED) is 0.417. The fourth-order valence-electron chi connectivity index (χ4n) is 2.13. The van der Waals surface area contributed by atoms with Gasteiger partial charge in [-0.25, -0.2) is 4.45 Å². The van der Waals surface area contributed by atoms with E-state index in [0.29, 0.717) is 6.37 Å². The van der Waals surface area contributed by atoms with Crippen LogP contribution in [0.15, 0.2) is 12.6 Å². The van der Waals surface area contributed by atoms with Crippen LogP contribution in [-0.4, -0.2) is 27.9 Å². The van der Waals surface area contributed by atoms with E-state index in [2.05, 4.69) is 40.6 Å². The Labute approximate surface area is 141 Å². The Bertz CT molecular complexity index is 568. The van der Waals surface area contributed by atoms with Crippen molar-refractivity contribution >= 4 is 47.7 Å². The van der Waals surface area contributed by atoms with Crippen molar-refractivity contribution in [3.05, 3.63) is 29.5 Å². The molecule has 1 unspecified atom stereocenters.